The molecule has 45 heavy (non-hydrogen) atoms. The summed E-state index contributed by atoms with van der Waals surface area (Å²) in [6.45, 7) is 6.67. The SMILES string of the molecule is CCC(CN(C=O)c1cc(OC)cc(C(C)(C)O)n1)c1c(F)cc(OC)cc1F.CNC=O.Cc1ccc(OC(F)(F)F)cc1. The van der Waals surface area contributed by atoms with Gasteiger partial charge in [0.2, 0.25) is 12.8 Å². The Hall–Kier alpha value is -4.46. The number of hydrogen-bond donors (Lipinski definition) is 2. The number of carbonyl (C=O) groups is 2. The molecule has 1 heterocycles. The summed E-state index contributed by atoms with van der Waals surface area (Å²) in [6.07, 6.45) is -3.06. The summed E-state index contributed by atoms with van der Waals surface area (Å²) in [7, 11) is 4.34. The van der Waals surface area contributed by atoms with Gasteiger partial charge in [-0.05, 0) is 39.3 Å². The highest BCUT2D eigenvalue weighted by Gasteiger charge is 2.31. The fourth-order valence-corrected chi connectivity index (χ4v) is 3.73. The minimum Gasteiger partial charge on any atom is -0.497 e. The van der Waals surface area contributed by atoms with Crippen LogP contribution in [-0.2, 0) is 15.2 Å². The molecule has 2 N–H and O–H groups in total. The van der Waals surface area contributed by atoms with E-state index in [9.17, 15) is 31.9 Å². The Balaban J connectivity index is 0.000000520. The van der Waals surface area contributed by atoms with Crippen molar-refractivity contribution in [2.45, 2.75) is 52.0 Å². The number of nitrogens with zero attached hydrogens (tertiary/aromatic N) is 2. The van der Waals surface area contributed by atoms with Crippen LogP contribution in [0, 0.1) is 18.6 Å². The van der Waals surface area contributed by atoms with E-state index >= 15 is 0 Å². The highest BCUT2D eigenvalue weighted by Crippen LogP contribution is 2.32. The monoisotopic (exact) mass is 643 g/mol. The first-order valence-electron chi connectivity index (χ1n) is 13.5. The van der Waals surface area contributed by atoms with Gasteiger partial charge in [0.05, 0.1) is 19.9 Å². The molecule has 0 saturated carbocycles. The molecule has 1 atom stereocenters. The molecule has 0 aliphatic heterocycles. The van der Waals surface area contributed by atoms with Crippen LogP contribution in [0.25, 0.3) is 0 Å². The van der Waals surface area contributed by atoms with Gasteiger partial charge in [-0.15, -0.1) is 13.2 Å². The normalized spacial score (nSPS) is 11.5. The molecule has 0 radical (unpaired) electrons. The summed E-state index contributed by atoms with van der Waals surface area (Å²) in [5.41, 5.74) is -0.195. The number of anilines is 1. The summed E-state index contributed by atoms with van der Waals surface area (Å²) in [5.74, 6) is -1.60. The van der Waals surface area contributed by atoms with Gasteiger partial charge in [-0.25, -0.2) is 13.8 Å². The van der Waals surface area contributed by atoms with Gasteiger partial charge in [0.15, 0.2) is 0 Å². The molecular weight excluding hydrogens is 605 g/mol. The van der Waals surface area contributed by atoms with Crippen LogP contribution in [0.1, 0.15) is 49.9 Å². The molecular formula is C31H38F5N3O6. The van der Waals surface area contributed by atoms with Crippen molar-refractivity contribution in [1.82, 2.24) is 10.3 Å². The van der Waals surface area contributed by atoms with Gasteiger partial charge >= 0.3 is 6.36 Å². The number of pyridine rings is 1. The third kappa shape index (κ3) is 13.0. The molecule has 0 bridgehead atoms. The number of rotatable bonds is 11. The third-order valence-electron chi connectivity index (χ3n) is 6.05. The zero-order chi connectivity index (χ0) is 34.4. The fourth-order valence-electron chi connectivity index (χ4n) is 3.73. The largest absolute Gasteiger partial charge is 0.573 e. The zero-order valence-electron chi connectivity index (χ0n) is 26.0. The highest BCUT2D eigenvalue weighted by atomic mass is 19.4. The molecule has 0 fully saturated rings. The summed E-state index contributed by atoms with van der Waals surface area (Å²) in [6, 6.07) is 11.0. The van der Waals surface area contributed by atoms with Crippen LogP contribution >= 0.6 is 0 Å². The maximum absolute atomic E-state index is 14.5. The van der Waals surface area contributed by atoms with Crippen molar-refractivity contribution >= 4 is 18.6 Å². The molecule has 2 amide bonds. The molecule has 9 nitrogen and oxygen atoms in total. The number of ether oxygens (including phenoxy) is 3. The quantitative estimate of drug-likeness (QED) is 0.194. The molecule has 0 aliphatic carbocycles. The zero-order valence-corrected chi connectivity index (χ0v) is 26.0. The van der Waals surface area contributed by atoms with Crippen molar-refractivity contribution in [2.24, 2.45) is 0 Å². The summed E-state index contributed by atoms with van der Waals surface area (Å²) < 4.78 is 77.7. The molecule has 3 rings (SSSR count). The molecule has 1 unspecified atom stereocenters. The van der Waals surface area contributed by atoms with E-state index in [0.717, 1.165) is 17.7 Å². The number of alkyl halides is 3. The molecule has 1 aromatic heterocycles. The van der Waals surface area contributed by atoms with Crippen LogP contribution in [0.4, 0.5) is 27.8 Å². The molecule has 0 saturated heterocycles. The number of hydrogen-bond acceptors (Lipinski definition) is 7. The van der Waals surface area contributed by atoms with Crippen LogP contribution in [0.5, 0.6) is 17.2 Å². The Morgan fingerprint density at radius 1 is 0.956 bits per heavy atom. The predicted octanol–water partition coefficient (Wildman–Crippen LogP) is 6.02. The maximum Gasteiger partial charge on any atom is 0.573 e. The lowest BCUT2D eigenvalue weighted by Crippen LogP contribution is -2.30. The Morgan fingerprint density at radius 2 is 1.47 bits per heavy atom. The van der Waals surface area contributed by atoms with Gasteiger partial charge in [0, 0.05) is 49.3 Å². The minimum absolute atomic E-state index is 0.00830. The van der Waals surface area contributed by atoms with Crippen molar-refractivity contribution < 1.29 is 50.9 Å². The first kappa shape index (κ1) is 38.6. The number of benzene rings is 2. The average Bonchev–Trinajstić information content (AvgIpc) is 2.98. The number of aromatic nitrogens is 1. The van der Waals surface area contributed by atoms with Crippen molar-refractivity contribution in [3.8, 4) is 17.2 Å². The fraction of sp³-hybridized carbons (Fsp3) is 0.387. The number of amides is 2. The third-order valence-corrected chi connectivity index (χ3v) is 6.05. The molecule has 3 aromatic rings. The lowest BCUT2D eigenvalue weighted by molar-refractivity contribution is -0.274. The predicted molar refractivity (Wildman–Crippen MR) is 158 cm³/mol. The Morgan fingerprint density at radius 3 is 1.87 bits per heavy atom. The van der Waals surface area contributed by atoms with E-state index < -0.39 is 29.5 Å². The van der Waals surface area contributed by atoms with E-state index in [2.05, 4.69) is 15.0 Å². The lowest BCUT2D eigenvalue weighted by Gasteiger charge is -2.26. The topological polar surface area (TPSA) is 110 Å². The van der Waals surface area contributed by atoms with Crippen LogP contribution in [0.3, 0.4) is 0 Å². The van der Waals surface area contributed by atoms with E-state index in [-0.39, 0.29) is 29.4 Å². The van der Waals surface area contributed by atoms with Crippen molar-refractivity contribution in [2.75, 3.05) is 32.7 Å². The number of aryl methyl sites for hydroxylation is 1. The number of methoxy groups -OCH3 is 2. The second kappa shape index (κ2) is 17.7. The van der Waals surface area contributed by atoms with Crippen LogP contribution < -0.4 is 24.4 Å². The van der Waals surface area contributed by atoms with E-state index in [1.54, 1.807) is 52.9 Å². The first-order chi connectivity index (χ1) is 21.0. The number of halogens is 5. The second-order valence-corrected chi connectivity index (χ2v) is 9.94. The summed E-state index contributed by atoms with van der Waals surface area (Å²) in [5, 5.41) is 12.5. The molecule has 2 aromatic carbocycles. The van der Waals surface area contributed by atoms with Crippen LogP contribution in [0.2, 0.25) is 0 Å². The number of aliphatic hydroxyl groups is 1. The van der Waals surface area contributed by atoms with Crippen molar-refractivity contribution in [3.05, 3.63) is 77.0 Å². The minimum atomic E-state index is -4.60. The number of carbonyl (C=O) groups excluding carboxylic acids is 2. The van der Waals surface area contributed by atoms with Gasteiger partial charge in [-0.1, -0.05) is 24.6 Å². The first-order valence-corrected chi connectivity index (χ1v) is 13.5. The number of nitrogens with one attached hydrogen (secondary N) is 1. The van der Waals surface area contributed by atoms with E-state index in [1.807, 2.05) is 0 Å². The van der Waals surface area contributed by atoms with Crippen molar-refractivity contribution in [1.29, 1.82) is 0 Å². The van der Waals surface area contributed by atoms with E-state index in [4.69, 9.17) is 14.3 Å². The molecule has 248 valence electrons. The Bertz CT molecular complexity index is 1340. The van der Waals surface area contributed by atoms with Gasteiger partial charge in [0.1, 0.15) is 40.3 Å². The van der Waals surface area contributed by atoms with Gasteiger partial charge in [0.25, 0.3) is 0 Å². The second-order valence-electron chi connectivity index (χ2n) is 9.94. The highest BCUT2D eigenvalue weighted by molar-refractivity contribution is 5.74. The average molecular weight is 644 g/mol. The molecule has 0 spiro atoms. The Kier molecular flexibility index (Phi) is 15.2. The Labute approximate surface area is 258 Å². The molecule has 0 aliphatic rings. The standard InChI is InChI=1S/C21H26F2N2O4.C8H7F3O.C2H5NO/c1-6-13(20-16(22)7-14(28-4)8-17(20)23)11-25(12-26)19-10-15(29-5)9-18(24-19)21(2,3)27;1-6-2-4-7(5-3-6)12-8(9,10)11;1-3-2-4/h7-10,12-13,27H,6,11H2,1-5H3;2-5H,1H3;2H,1H3,(H,3,4). The molecule has 14 heteroatoms. The van der Waals surface area contributed by atoms with Crippen molar-refractivity contribution in [3.63, 3.8) is 0 Å². The summed E-state index contributed by atoms with van der Waals surface area (Å²) in [4.78, 5) is 26.4. The lowest BCUT2D eigenvalue weighted by atomic mass is 9.94. The summed E-state index contributed by atoms with van der Waals surface area (Å²) >= 11 is 0. The van der Waals surface area contributed by atoms with Crippen LogP contribution in [0.15, 0.2) is 48.5 Å². The van der Waals surface area contributed by atoms with Gasteiger partial charge in [-0.3, -0.25) is 14.5 Å². The van der Waals surface area contributed by atoms with Gasteiger partial charge in [-0.2, -0.15) is 0 Å². The smallest absolute Gasteiger partial charge is 0.497 e. The van der Waals surface area contributed by atoms with E-state index in [1.165, 1.54) is 37.3 Å². The van der Waals surface area contributed by atoms with E-state index in [0.29, 0.717) is 30.7 Å². The maximum atomic E-state index is 14.5. The van der Waals surface area contributed by atoms with Crippen LogP contribution in [-0.4, -0.2) is 57.1 Å². The van der Waals surface area contributed by atoms with Gasteiger partial charge < -0.3 is 24.6 Å².